The SMILES string of the molecule is CCC1CN(C)CCCN1C(=O)C1CCCC(CCN)C1. The first-order chi connectivity index (χ1) is 10.2. The van der Waals surface area contributed by atoms with Gasteiger partial charge in [-0.2, -0.15) is 0 Å². The maximum absolute atomic E-state index is 13.0. The maximum atomic E-state index is 13.0. The predicted molar refractivity (Wildman–Crippen MR) is 87.0 cm³/mol. The van der Waals surface area contributed by atoms with Crippen molar-refractivity contribution in [2.75, 3.05) is 33.2 Å². The van der Waals surface area contributed by atoms with Crippen LogP contribution in [0.3, 0.4) is 0 Å². The standard InChI is InChI=1S/C17H33N3O/c1-3-16-13-19(2)10-5-11-20(16)17(21)15-7-4-6-14(12-15)8-9-18/h14-16H,3-13,18H2,1-2H3. The third-order valence-electron chi connectivity index (χ3n) is 5.36. The summed E-state index contributed by atoms with van der Waals surface area (Å²) in [4.78, 5) is 17.6. The van der Waals surface area contributed by atoms with Gasteiger partial charge < -0.3 is 15.5 Å². The molecule has 4 nitrogen and oxygen atoms in total. The normalized spacial score (nSPS) is 32.0. The molecule has 122 valence electrons. The zero-order valence-corrected chi connectivity index (χ0v) is 13.9. The number of hydrogen-bond donors (Lipinski definition) is 1. The Hall–Kier alpha value is -0.610. The van der Waals surface area contributed by atoms with E-state index in [9.17, 15) is 4.79 Å². The summed E-state index contributed by atoms with van der Waals surface area (Å²) in [6.07, 6.45) is 7.88. The third kappa shape index (κ3) is 4.43. The second-order valence-corrected chi connectivity index (χ2v) is 7.02. The molecule has 0 radical (unpaired) electrons. The van der Waals surface area contributed by atoms with Crippen LogP contribution in [-0.2, 0) is 4.79 Å². The first-order valence-corrected chi connectivity index (χ1v) is 8.84. The Morgan fingerprint density at radius 1 is 1.24 bits per heavy atom. The van der Waals surface area contributed by atoms with E-state index in [4.69, 9.17) is 5.73 Å². The number of nitrogens with two attached hydrogens (primary N) is 1. The number of hydrogen-bond acceptors (Lipinski definition) is 3. The van der Waals surface area contributed by atoms with Gasteiger partial charge in [-0.05, 0) is 58.2 Å². The van der Waals surface area contributed by atoms with Crippen LogP contribution in [0.5, 0.6) is 0 Å². The minimum Gasteiger partial charge on any atom is -0.338 e. The Morgan fingerprint density at radius 3 is 2.76 bits per heavy atom. The highest BCUT2D eigenvalue weighted by Gasteiger charge is 2.33. The summed E-state index contributed by atoms with van der Waals surface area (Å²) in [7, 11) is 2.18. The average molecular weight is 295 g/mol. The molecule has 0 aromatic carbocycles. The number of carbonyl (C=O) groups is 1. The zero-order valence-electron chi connectivity index (χ0n) is 13.9. The highest BCUT2D eigenvalue weighted by atomic mass is 16.2. The van der Waals surface area contributed by atoms with Crippen molar-refractivity contribution in [1.29, 1.82) is 0 Å². The van der Waals surface area contributed by atoms with Gasteiger partial charge in [0.1, 0.15) is 0 Å². The fourth-order valence-corrected chi connectivity index (χ4v) is 4.13. The minimum absolute atomic E-state index is 0.257. The van der Waals surface area contributed by atoms with Crippen LogP contribution in [0, 0.1) is 11.8 Å². The van der Waals surface area contributed by atoms with E-state index in [0.29, 0.717) is 17.9 Å². The van der Waals surface area contributed by atoms with Crippen LogP contribution in [-0.4, -0.2) is 55.0 Å². The summed E-state index contributed by atoms with van der Waals surface area (Å²) < 4.78 is 0. The number of amides is 1. The highest BCUT2D eigenvalue weighted by molar-refractivity contribution is 5.79. The van der Waals surface area contributed by atoms with E-state index in [0.717, 1.165) is 58.3 Å². The summed E-state index contributed by atoms with van der Waals surface area (Å²) in [5.74, 6) is 1.36. The molecule has 2 N–H and O–H groups in total. The lowest BCUT2D eigenvalue weighted by molar-refractivity contribution is -0.139. The fourth-order valence-electron chi connectivity index (χ4n) is 4.13. The largest absolute Gasteiger partial charge is 0.338 e. The number of carbonyl (C=O) groups excluding carboxylic acids is 1. The molecule has 0 spiro atoms. The maximum Gasteiger partial charge on any atom is 0.225 e. The summed E-state index contributed by atoms with van der Waals surface area (Å²) in [6.45, 7) is 6.06. The molecule has 1 amide bonds. The Labute approximate surface area is 130 Å². The van der Waals surface area contributed by atoms with Crippen molar-refractivity contribution >= 4 is 5.91 Å². The summed E-state index contributed by atoms with van der Waals surface area (Å²) in [5, 5.41) is 0. The van der Waals surface area contributed by atoms with E-state index >= 15 is 0 Å². The van der Waals surface area contributed by atoms with Gasteiger partial charge in [-0.1, -0.05) is 19.8 Å². The van der Waals surface area contributed by atoms with Crippen LogP contribution < -0.4 is 5.73 Å². The molecule has 0 aromatic heterocycles. The minimum atomic E-state index is 0.257. The average Bonchev–Trinajstić information content (AvgIpc) is 2.68. The Bertz CT molecular complexity index is 332. The first-order valence-electron chi connectivity index (χ1n) is 8.84. The van der Waals surface area contributed by atoms with E-state index in [1.54, 1.807) is 0 Å². The van der Waals surface area contributed by atoms with Crippen LogP contribution in [0.4, 0.5) is 0 Å². The predicted octanol–water partition coefficient (Wildman–Crippen LogP) is 2.08. The number of likely N-dealkylation sites (N-methyl/N-ethyl adjacent to an activating group) is 1. The van der Waals surface area contributed by atoms with Gasteiger partial charge in [0.2, 0.25) is 5.91 Å². The van der Waals surface area contributed by atoms with Crippen molar-refractivity contribution in [3.63, 3.8) is 0 Å². The van der Waals surface area contributed by atoms with Crippen LogP contribution in [0.2, 0.25) is 0 Å². The van der Waals surface area contributed by atoms with Crippen molar-refractivity contribution in [1.82, 2.24) is 9.80 Å². The summed E-state index contributed by atoms with van der Waals surface area (Å²) in [6, 6.07) is 0.403. The van der Waals surface area contributed by atoms with Gasteiger partial charge in [0.25, 0.3) is 0 Å². The summed E-state index contributed by atoms with van der Waals surface area (Å²) >= 11 is 0. The van der Waals surface area contributed by atoms with Crippen LogP contribution in [0.15, 0.2) is 0 Å². The highest BCUT2D eigenvalue weighted by Crippen LogP contribution is 2.33. The molecule has 1 saturated carbocycles. The quantitative estimate of drug-likeness (QED) is 0.864. The van der Waals surface area contributed by atoms with Gasteiger partial charge in [0.05, 0.1) is 0 Å². The van der Waals surface area contributed by atoms with Crippen molar-refractivity contribution in [3.8, 4) is 0 Å². The second-order valence-electron chi connectivity index (χ2n) is 7.02. The van der Waals surface area contributed by atoms with Crippen LogP contribution >= 0.6 is 0 Å². The fraction of sp³-hybridized carbons (Fsp3) is 0.941. The van der Waals surface area contributed by atoms with Crippen molar-refractivity contribution < 1.29 is 4.79 Å². The Balaban J connectivity index is 1.99. The third-order valence-corrected chi connectivity index (χ3v) is 5.36. The van der Waals surface area contributed by atoms with E-state index in [1.807, 2.05) is 0 Å². The van der Waals surface area contributed by atoms with E-state index in [2.05, 4.69) is 23.8 Å². The molecule has 2 rings (SSSR count). The van der Waals surface area contributed by atoms with Gasteiger partial charge in [-0.3, -0.25) is 4.79 Å². The van der Waals surface area contributed by atoms with Crippen molar-refractivity contribution in [2.45, 2.75) is 57.9 Å². The van der Waals surface area contributed by atoms with Crippen LogP contribution in [0.25, 0.3) is 0 Å². The molecule has 4 heteroatoms. The van der Waals surface area contributed by atoms with E-state index in [1.165, 1.54) is 12.8 Å². The molecular formula is C17H33N3O. The lowest BCUT2D eigenvalue weighted by atomic mass is 9.79. The first kappa shape index (κ1) is 16.8. The molecule has 1 aliphatic carbocycles. The molecule has 1 saturated heterocycles. The summed E-state index contributed by atoms with van der Waals surface area (Å²) in [5.41, 5.74) is 5.70. The molecular weight excluding hydrogens is 262 g/mol. The van der Waals surface area contributed by atoms with Gasteiger partial charge in [-0.15, -0.1) is 0 Å². The molecule has 2 aliphatic rings. The Kier molecular flexibility index (Phi) is 6.49. The van der Waals surface area contributed by atoms with Crippen molar-refractivity contribution in [2.24, 2.45) is 17.6 Å². The molecule has 0 aromatic rings. The lowest BCUT2D eigenvalue weighted by Crippen LogP contribution is -2.47. The molecule has 3 unspecified atom stereocenters. The number of rotatable bonds is 4. The lowest BCUT2D eigenvalue weighted by Gasteiger charge is -2.36. The van der Waals surface area contributed by atoms with E-state index in [-0.39, 0.29) is 5.92 Å². The van der Waals surface area contributed by atoms with Gasteiger partial charge in [0, 0.05) is 25.0 Å². The van der Waals surface area contributed by atoms with Crippen molar-refractivity contribution in [3.05, 3.63) is 0 Å². The monoisotopic (exact) mass is 295 g/mol. The van der Waals surface area contributed by atoms with Gasteiger partial charge >= 0.3 is 0 Å². The van der Waals surface area contributed by atoms with Gasteiger partial charge in [-0.25, -0.2) is 0 Å². The molecule has 2 fully saturated rings. The number of nitrogens with zero attached hydrogens (tertiary/aromatic N) is 2. The molecule has 1 heterocycles. The molecule has 3 atom stereocenters. The van der Waals surface area contributed by atoms with Crippen LogP contribution in [0.1, 0.15) is 51.9 Å². The topological polar surface area (TPSA) is 49.6 Å². The van der Waals surface area contributed by atoms with Gasteiger partial charge in [0.15, 0.2) is 0 Å². The molecule has 1 aliphatic heterocycles. The Morgan fingerprint density at radius 2 is 2.05 bits per heavy atom. The van der Waals surface area contributed by atoms with E-state index < -0.39 is 0 Å². The molecule has 0 bridgehead atoms. The second kappa shape index (κ2) is 8.14. The molecule has 21 heavy (non-hydrogen) atoms. The smallest absolute Gasteiger partial charge is 0.225 e. The zero-order chi connectivity index (χ0) is 15.2.